The summed E-state index contributed by atoms with van der Waals surface area (Å²) >= 11 is 0. The van der Waals surface area contributed by atoms with E-state index in [0.29, 0.717) is 17.6 Å². The van der Waals surface area contributed by atoms with Crippen LogP contribution < -0.4 is 0 Å². The Labute approximate surface area is 160 Å². The first kappa shape index (κ1) is 20.6. The molecule has 5 heteroatoms. The Hall–Kier alpha value is -2.66. The molecule has 0 spiro atoms. The number of Topliss-reactive ketones (excluding diaryl/α,β-unsaturated/α-hetero) is 1. The molecular formula is C22H26O5. The number of hydrogen-bond acceptors (Lipinski definition) is 5. The Bertz CT molecular complexity index is 745. The van der Waals surface area contributed by atoms with E-state index in [1.165, 1.54) is 13.2 Å². The SMILES string of the molecule is CCCCCC(=O)OC1(OC)C=CC(=CC=C(O)c2ccccc2)C(=O)C1. The molecule has 0 aliphatic heterocycles. The van der Waals surface area contributed by atoms with Gasteiger partial charge in [-0.05, 0) is 30.7 Å². The molecule has 0 saturated carbocycles. The Kier molecular flexibility index (Phi) is 7.55. The van der Waals surface area contributed by atoms with Crippen molar-refractivity contribution < 1.29 is 24.2 Å². The minimum atomic E-state index is -1.36. The van der Waals surface area contributed by atoms with Gasteiger partial charge in [-0.3, -0.25) is 9.59 Å². The minimum absolute atomic E-state index is 0.0650. The van der Waals surface area contributed by atoms with Crippen LogP contribution >= 0.6 is 0 Å². The first-order chi connectivity index (χ1) is 13.0. The zero-order chi connectivity index (χ0) is 19.7. The monoisotopic (exact) mass is 370 g/mol. The topological polar surface area (TPSA) is 72.8 Å². The number of aliphatic hydroxyl groups is 1. The van der Waals surface area contributed by atoms with Crippen molar-refractivity contribution in [3.63, 3.8) is 0 Å². The zero-order valence-corrected chi connectivity index (χ0v) is 15.8. The van der Waals surface area contributed by atoms with Crippen molar-refractivity contribution in [3.8, 4) is 0 Å². The van der Waals surface area contributed by atoms with Gasteiger partial charge in [-0.25, -0.2) is 0 Å². The fraction of sp³-hybridized carbons (Fsp3) is 0.364. The smallest absolute Gasteiger partial charge is 0.308 e. The normalized spacial score (nSPS) is 21.5. The third-order valence-electron chi connectivity index (χ3n) is 4.35. The lowest BCUT2D eigenvalue weighted by molar-refractivity contribution is -0.203. The van der Waals surface area contributed by atoms with E-state index in [-0.39, 0.29) is 23.9 Å². The van der Waals surface area contributed by atoms with Crippen molar-refractivity contribution in [2.75, 3.05) is 7.11 Å². The number of rotatable bonds is 8. The molecule has 1 unspecified atom stereocenters. The summed E-state index contributed by atoms with van der Waals surface area (Å²) in [6.45, 7) is 2.06. The first-order valence-electron chi connectivity index (χ1n) is 9.15. The standard InChI is InChI=1S/C22H26O5/c1-3-4-6-11-21(25)27-22(26-2)15-14-18(20(24)16-22)12-13-19(23)17-9-7-5-8-10-17/h5,7-10,12-15,23H,3-4,6,11,16H2,1-2H3. The maximum absolute atomic E-state index is 12.5. The molecule has 0 radical (unpaired) electrons. The number of allylic oxidation sites excluding steroid dienone is 4. The van der Waals surface area contributed by atoms with E-state index >= 15 is 0 Å². The van der Waals surface area contributed by atoms with Gasteiger partial charge in [-0.2, -0.15) is 0 Å². The lowest BCUT2D eigenvalue weighted by Gasteiger charge is -2.31. The van der Waals surface area contributed by atoms with Crippen LogP contribution in [0.4, 0.5) is 0 Å². The molecule has 5 nitrogen and oxygen atoms in total. The van der Waals surface area contributed by atoms with Crippen LogP contribution in [0.25, 0.3) is 5.76 Å². The van der Waals surface area contributed by atoms with Crippen LogP contribution in [0, 0.1) is 0 Å². The molecule has 1 aliphatic rings. The molecule has 0 aromatic heterocycles. The number of ether oxygens (including phenoxy) is 2. The van der Waals surface area contributed by atoms with Gasteiger partial charge in [0.2, 0.25) is 5.79 Å². The van der Waals surface area contributed by atoms with Gasteiger partial charge >= 0.3 is 5.97 Å². The Morgan fingerprint density at radius 3 is 2.63 bits per heavy atom. The molecule has 0 heterocycles. The number of unbranched alkanes of at least 4 members (excludes halogenated alkanes) is 2. The van der Waals surface area contributed by atoms with E-state index in [4.69, 9.17) is 9.47 Å². The predicted octanol–water partition coefficient (Wildman–Crippen LogP) is 4.51. The van der Waals surface area contributed by atoms with Gasteiger partial charge in [0, 0.05) is 24.7 Å². The van der Waals surface area contributed by atoms with Crippen molar-refractivity contribution in [1.82, 2.24) is 0 Å². The summed E-state index contributed by atoms with van der Waals surface area (Å²) in [6.07, 6.45) is 9.08. The van der Waals surface area contributed by atoms with Crippen LogP contribution in [0.5, 0.6) is 0 Å². The summed E-state index contributed by atoms with van der Waals surface area (Å²) in [4.78, 5) is 24.5. The summed E-state index contributed by atoms with van der Waals surface area (Å²) in [5.74, 6) is -1.90. The second kappa shape index (κ2) is 9.88. The fourth-order valence-corrected chi connectivity index (χ4v) is 2.73. The molecule has 1 N–H and O–H groups in total. The third kappa shape index (κ3) is 5.93. The number of benzene rings is 1. The van der Waals surface area contributed by atoms with Gasteiger partial charge in [0.1, 0.15) is 5.76 Å². The molecule has 1 aromatic carbocycles. The highest BCUT2D eigenvalue weighted by molar-refractivity contribution is 6.00. The molecule has 0 bridgehead atoms. The molecule has 1 aliphatic carbocycles. The lowest BCUT2D eigenvalue weighted by atomic mass is 9.94. The van der Waals surface area contributed by atoms with Gasteiger partial charge in [-0.15, -0.1) is 0 Å². The number of carbonyl (C=O) groups excluding carboxylic acids is 2. The van der Waals surface area contributed by atoms with Gasteiger partial charge in [0.15, 0.2) is 5.78 Å². The highest BCUT2D eigenvalue weighted by Gasteiger charge is 2.37. The number of aliphatic hydroxyl groups excluding tert-OH is 1. The van der Waals surface area contributed by atoms with E-state index in [1.54, 1.807) is 30.4 Å². The van der Waals surface area contributed by atoms with Crippen molar-refractivity contribution in [2.45, 2.75) is 44.8 Å². The minimum Gasteiger partial charge on any atom is -0.507 e. The van der Waals surface area contributed by atoms with Crippen LogP contribution in [0.3, 0.4) is 0 Å². The first-order valence-corrected chi connectivity index (χ1v) is 9.15. The van der Waals surface area contributed by atoms with E-state index in [9.17, 15) is 14.7 Å². The molecule has 27 heavy (non-hydrogen) atoms. The second-order valence-electron chi connectivity index (χ2n) is 6.42. The summed E-state index contributed by atoms with van der Waals surface area (Å²) in [5.41, 5.74) is 1.07. The van der Waals surface area contributed by atoms with Gasteiger partial charge in [0.05, 0.1) is 6.42 Å². The molecule has 0 fully saturated rings. The van der Waals surface area contributed by atoms with E-state index in [0.717, 1.165) is 19.3 Å². The average molecular weight is 370 g/mol. The maximum atomic E-state index is 12.5. The molecule has 1 aromatic rings. The van der Waals surface area contributed by atoms with E-state index < -0.39 is 5.79 Å². The van der Waals surface area contributed by atoms with Crippen LogP contribution in [-0.4, -0.2) is 29.8 Å². The molecule has 1 atom stereocenters. The largest absolute Gasteiger partial charge is 0.507 e. The third-order valence-corrected chi connectivity index (χ3v) is 4.35. The number of carbonyl (C=O) groups is 2. The van der Waals surface area contributed by atoms with Gasteiger partial charge in [0.25, 0.3) is 0 Å². The van der Waals surface area contributed by atoms with Crippen LogP contribution in [0.15, 0.2) is 60.2 Å². The zero-order valence-electron chi connectivity index (χ0n) is 15.8. The average Bonchev–Trinajstić information content (AvgIpc) is 2.68. The second-order valence-corrected chi connectivity index (χ2v) is 6.42. The fourth-order valence-electron chi connectivity index (χ4n) is 2.73. The summed E-state index contributed by atoms with van der Waals surface area (Å²) in [7, 11) is 1.41. The number of ketones is 1. The number of hydrogen-bond donors (Lipinski definition) is 1. The Morgan fingerprint density at radius 2 is 2.00 bits per heavy atom. The number of methoxy groups -OCH3 is 1. The van der Waals surface area contributed by atoms with Crippen LogP contribution in [0.2, 0.25) is 0 Å². The molecule has 2 rings (SSSR count). The van der Waals surface area contributed by atoms with Crippen molar-refractivity contribution >= 4 is 17.5 Å². The maximum Gasteiger partial charge on any atom is 0.308 e. The van der Waals surface area contributed by atoms with E-state index in [1.807, 2.05) is 18.2 Å². The predicted molar refractivity (Wildman–Crippen MR) is 104 cm³/mol. The molecule has 144 valence electrons. The summed E-state index contributed by atoms with van der Waals surface area (Å²) in [5, 5.41) is 10.1. The highest BCUT2D eigenvalue weighted by atomic mass is 16.7. The quantitative estimate of drug-likeness (QED) is 0.240. The highest BCUT2D eigenvalue weighted by Crippen LogP contribution is 2.28. The summed E-state index contributed by atoms with van der Waals surface area (Å²) in [6, 6.07) is 9.05. The van der Waals surface area contributed by atoms with Crippen LogP contribution in [0.1, 0.15) is 44.6 Å². The molecule has 0 amide bonds. The lowest BCUT2D eigenvalue weighted by Crippen LogP contribution is -2.40. The van der Waals surface area contributed by atoms with Crippen molar-refractivity contribution in [2.24, 2.45) is 0 Å². The van der Waals surface area contributed by atoms with Crippen molar-refractivity contribution in [1.29, 1.82) is 0 Å². The molecule has 0 saturated heterocycles. The summed E-state index contributed by atoms with van der Waals surface area (Å²) < 4.78 is 10.8. The van der Waals surface area contributed by atoms with Gasteiger partial charge in [-0.1, -0.05) is 50.1 Å². The number of esters is 1. The van der Waals surface area contributed by atoms with Gasteiger partial charge < -0.3 is 14.6 Å². The Morgan fingerprint density at radius 1 is 1.26 bits per heavy atom. The van der Waals surface area contributed by atoms with E-state index in [2.05, 4.69) is 6.92 Å². The molecular weight excluding hydrogens is 344 g/mol. The van der Waals surface area contributed by atoms with Crippen molar-refractivity contribution in [3.05, 3.63) is 65.8 Å². The Balaban J connectivity index is 2.09. The van der Waals surface area contributed by atoms with Crippen LogP contribution in [-0.2, 0) is 19.1 Å².